The second-order valence-corrected chi connectivity index (χ2v) is 11.6. The average Bonchev–Trinajstić information content (AvgIpc) is 3.19. The summed E-state index contributed by atoms with van der Waals surface area (Å²) >= 11 is 0. The fourth-order valence-corrected chi connectivity index (χ4v) is 7.03. The molecular weight excluding hydrogens is 338 g/mol. The molecule has 4 rings (SSSR count). The molecule has 4 fully saturated rings. The van der Waals surface area contributed by atoms with Crippen LogP contribution in [0.25, 0.3) is 0 Å². The molecule has 0 aromatic carbocycles. The number of hydrogen-bond donors (Lipinski definition) is 1. The molecule has 1 spiro atoms. The number of guanidine groups is 1. The van der Waals surface area contributed by atoms with Crippen LogP contribution in [0.4, 0.5) is 0 Å². The maximum absolute atomic E-state index is 12.3. The normalized spacial score (nSPS) is 38.4. The first-order valence-electron chi connectivity index (χ1n) is 9.63. The van der Waals surface area contributed by atoms with Gasteiger partial charge < -0.3 is 15.0 Å². The Morgan fingerprint density at radius 1 is 1.28 bits per heavy atom. The van der Waals surface area contributed by atoms with E-state index >= 15 is 0 Å². The quantitative estimate of drug-likeness (QED) is 0.559. The molecule has 0 aromatic rings. The highest BCUT2D eigenvalue weighted by Gasteiger charge is 2.65. The number of sulfone groups is 1. The van der Waals surface area contributed by atoms with Gasteiger partial charge in [0.1, 0.15) is 0 Å². The second-order valence-electron chi connectivity index (χ2n) is 8.85. The first-order chi connectivity index (χ1) is 11.8. The molecule has 0 aromatic heterocycles. The van der Waals surface area contributed by atoms with Crippen LogP contribution in [0.15, 0.2) is 4.99 Å². The summed E-state index contributed by atoms with van der Waals surface area (Å²) in [5.74, 6) is 1.65. The molecule has 0 amide bonds. The molecule has 142 valence electrons. The van der Waals surface area contributed by atoms with Gasteiger partial charge in [0.15, 0.2) is 15.8 Å². The minimum absolute atomic E-state index is 0.200. The molecular formula is C18H31N3O3S. The van der Waals surface area contributed by atoms with Crippen LogP contribution in [0.5, 0.6) is 0 Å². The van der Waals surface area contributed by atoms with Gasteiger partial charge in [0.05, 0.1) is 16.6 Å². The van der Waals surface area contributed by atoms with Gasteiger partial charge in [-0.15, -0.1) is 0 Å². The monoisotopic (exact) mass is 369 g/mol. The maximum atomic E-state index is 12.3. The van der Waals surface area contributed by atoms with Crippen LogP contribution >= 0.6 is 0 Å². The first kappa shape index (κ1) is 17.6. The second kappa shape index (κ2) is 5.84. The Morgan fingerprint density at radius 3 is 2.64 bits per heavy atom. The van der Waals surface area contributed by atoms with Gasteiger partial charge >= 0.3 is 0 Å². The van der Waals surface area contributed by atoms with E-state index in [0.29, 0.717) is 31.2 Å². The van der Waals surface area contributed by atoms with Crippen LogP contribution in [-0.4, -0.2) is 68.7 Å². The van der Waals surface area contributed by atoms with Gasteiger partial charge in [-0.2, -0.15) is 0 Å². The Labute approximate surface area is 151 Å². The minimum atomic E-state index is -3.04. The smallest absolute Gasteiger partial charge is 0.193 e. The van der Waals surface area contributed by atoms with Crippen molar-refractivity contribution in [1.82, 2.24) is 10.2 Å². The molecule has 3 unspecified atom stereocenters. The van der Waals surface area contributed by atoms with E-state index < -0.39 is 14.6 Å². The van der Waals surface area contributed by atoms with Crippen molar-refractivity contribution in [1.29, 1.82) is 0 Å². The molecule has 0 radical (unpaired) electrons. The summed E-state index contributed by atoms with van der Waals surface area (Å²) < 4.78 is 29.9. The molecule has 2 heterocycles. The number of aliphatic imine (C=N–C) groups is 1. The standard InChI is InChI=1S/C18H31N3O3S/c1-17(2)12-21(9-11-25(17,22)23)16(19-3)20-14-13-6-10-24-15(13)18(14)7-4-5-8-18/h13-15H,4-12H2,1-3H3,(H,19,20). The zero-order chi connectivity index (χ0) is 17.9. The van der Waals surface area contributed by atoms with Crippen molar-refractivity contribution in [2.24, 2.45) is 16.3 Å². The van der Waals surface area contributed by atoms with Crippen LogP contribution in [0.2, 0.25) is 0 Å². The largest absolute Gasteiger partial charge is 0.377 e. The number of nitrogens with one attached hydrogen (secondary N) is 1. The van der Waals surface area contributed by atoms with E-state index in [1.807, 2.05) is 13.8 Å². The summed E-state index contributed by atoms with van der Waals surface area (Å²) in [5.41, 5.74) is 0.272. The molecule has 25 heavy (non-hydrogen) atoms. The van der Waals surface area contributed by atoms with Crippen LogP contribution in [0, 0.1) is 11.3 Å². The third-order valence-corrected chi connectivity index (χ3v) is 9.66. The molecule has 2 aliphatic heterocycles. The molecule has 2 saturated carbocycles. The number of ether oxygens (including phenoxy) is 1. The van der Waals surface area contributed by atoms with Crippen LogP contribution in [0.3, 0.4) is 0 Å². The highest BCUT2D eigenvalue weighted by molar-refractivity contribution is 7.92. The predicted octanol–water partition coefficient (Wildman–Crippen LogP) is 1.42. The van der Waals surface area contributed by atoms with Crippen molar-refractivity contribution < 1.29 is 13.2 Å². The van der Waals surface area contributed by atoms with Gasteiger partial charge in [0.25, 0.3) is 0 Å². The molecule has 4 aliphatic rings. The van der Waals surface area contributed by atoms with Gasteiger partial charge in [-0.05, 0) is 33.1 Å². The van der Waals surface area contributed by atoms with Crippen molar-refractivity contribution in [3.63, 3.8) is 0 Å². The molecule has 3 atom stereocenters. The van der Waals surface area contributed by atoms with E-state index in [1.54, 1.807) is 7.05 Å². The minimum Gasteiger partial charge on any atom is -0.377 e. The van der Waals surface area contributed by atoms with Crippen molar-refractivity contribution in [3.8, 4) is 0 Å². The van der Waals surface area contributed by atoms with E-state index in [1.165, 1.54) is 25.7 Å². The average molecular weight is 370 g/mol. The van der Waals surface area contributed by atoms with Crippen LogP contribution < -0.4 is 5.32 Å². The van der Waals surface area contributed by atoms with Crippen molar-refractivity contribution in [2.75, 3.05) is 32.5 Å². The van der Waals surface area contributed by atoms with E-state index in [4.69, 9.17) is 4.74 Å². The Bertz CT molecular complexity index is 667. The predicted molar refractivity (Wildman–Crippen MR) is 98.5 cm³/mol. The summed E-state index contributed by atoms with van der Waals surface area (Å²) in [6.45, 7) is 5.55. The molecule has 1 N–H and O–H groups in total. The van der Waals surface area contributed by atoms with Crippen LogP contribution in [0.1, 0.15) is 46.0 Å². The van der Waals surface area contributed by atoms with Gasteiger partial charge in [0, 0.05) is 44.1 Å². The molecule has 2 aliphatic carbocycles. The number of nitrogens with zero attached hydrogens (tertiary/aromatic N) is 2. The summed E-state index contributed by atoms with van der Waals surface area (Å²) in [5, 5.41) is 3.74. The lowest BCUT2D eigenvalue weighted by molar-refractivity contribution is -0.125. The summed E-state index contributed by atoms with van der Waals surface area (Å²) in [4.78, 5) is 6.64. The summed E-state index contributed by atoms with van der Waals surface area (Å²) in [6.07, 6.45) is 6.60. The first-order valence-corrected chi connectivity index (χ1v) is 11.3. The lowest BCUT2D eigenvalue weighted by Crippen LogP contribution is -2.70. The Balaban J connectivity index is 1.51. The third kappa shape index (κ3) is 2.52. The van der Waals surface area contributed by atoms with Gasteiger partial charge in [-0.25, -0.2) is 8.42 Å². The Hall–Kier alpha value is -0.820. The molecule has 7 heteroatoms. The zero-order valence-corrected chi connectivity index (χ0v) is 16.4. The SMILES string of the molecule is CN=C(NC1C2CCOC2C12CCCC2)N1CCS(=O)(=O)C(C)(C)C1. The van der Waals surface area contributed by atoms with E-state index in [9.17, 15) is 8.42 Å². The van der Waals surface area contributed by atoms with Gasteiger partial charge in [-0.3, -0.25) is 4.99 Å². The van der Waals surface area contributed by atoms with E-state index in [2.05, 4.69) is 15.2 Å². The van der Waals surface area contributed by atoms with Crippen molar-refractivity contribution in [2.45, 2.75) is 62.8 Å². The Morgan fingerprint density at radius 2 is 2.00 bits per heavy atom. The van der Waals surface area contributed by atoms with E-state index in [-0.39, 0.29) is 11.2 Å². The lowest BCUT2D eigenvalue weighted by atomic mass is 9.54. The molecule has 6 nitrogen and oxygen atoms in total. The molecule has 2 saturated heterocycles. The summed E-state index contributed by atoms with van der Waals surface area (Å²) in [7, 11) is -1.23. The highest BCUT2D eigenvalue weighted by atomic mass is 32.2. The maximum Gasteiger partial charge on any atom is 0.193 e. The topological polar surface area (TPSA) is 71.0 Å². The fourth-order valence-electron chi connectivity index (χ4n) is 5.66. The number of fused-ring (bicyclic) bond motifs is 2. The third-order valence-electron chi connectivity index (χ3n) is 7.13. The Kier molecular flexibility index (Phi) is 4.11. The van der Waals surface area contributed by atoms with Gasteiger partial charge in [-0.1, -0.05) is 12.8 Å². The number of rotatable bonds is 1. The van der Waals surface area contributed by atoms with Crippen molar-refractivity contribution >= 4 is 15.8 Å². The number of hydrogen-bond acceptors (Lipinski definition) is 4. The highest BCUT2D eigenvalue weighted by Crippen LogP contribution is 2.60. The van der Waals surface area contributed by atoms with Crippen molar-refractivity contribution in [3.05, 3.63) is 0 Å². The fraction of sp³-hybridized carbons (Fsp3) is 0.944. The summed E-state index contributed by atoms with van der Waals surface area (Å²) in [6, 6.07) is 0.419. The van der Waals surface area contributed by atoms with E-state index in [0.717, 1.165) is 19.0 Å². The van der Waals surface area contributed by atoms with Crippen LogP contribution in [-0.2, 0) is 14.6 Å². The zero-order valence-electron chi connectivity index (χ0n) is 15.6. The molecule has 0 bridgehead atoms. The van der Waals surface area contributed by atoms with Gasteiger partial charge in [0.2, 0.25) is 0 Å². The lowest BCUT2D eigenvalue weighted by Gasteiger charge is -2.57.